The SMILES string of the molecule is Cc1ccc(C(=O)C=Cc2cccnc2)cc1C. The maximum atomic E-state index is 12.0. The van der Waals surface area contributed by atoms with Crippen molar-refractivity contribution in [2.24, 2.45) is 0 Å². The summed E-state index contributed by atoms with van der Waals surface area (Å²) >= 11 is 0. The second-order valence-corrected chi connectivity index (χ2v) is 4.28. The van der Waals surface area contributed by atoms with Crippen molar-refractivity contribution in [3.05, 3.63) is 71.1 Å². The van der Waals surface area contributed by atoms with Crippen LogP contribution in [0.1, 0.15) is 27.0 Å². The normalized spacial score (nSPS) is 10.8. The van der Waals surface area contributed by atoms with Gasteiger partial charge in [-0.05, 0) is 54.8 Å². The van der Waals surface area contributed by atoms with Crippen molar-refractivity contribution < 1.29 is 4.79 Å². The van der Waals surface area contributed by atoms with Crippen molar-refractivity contribution in [2.45, 2.75) is 13.8 Å². The second-order valence-electron chi connectivity index (χ2n) is 4.28. The summed E-state index contributed by atoms with van der Waals surface area (Å²) in [4.78, 5) is 16.0. The summed E-state index contributed by atoms with van der Waals surface area (Å²) in [5.74, 6) is 0.0157. The van der Waals surface area contributed by atoms with Gasteiger partial charge in [-0.2, -0.15) is 0 Å². The van der Waals surface area contributed by atoms with Gasteiger partial charge in [0, 0.05) is 18.0 Å². The zero-order valence-electron chi connectivity index (χ0n) is 10.6. The first-order valence-electron chi connectivity index (χ1n) is 5.86. The van der Waals surface area contributed by atoms with Gasteiger partial charge in [0.25, 0.3) is 0 Å². The van der Waals surface area contributed by atoms with Crippen LogP contribution in [-0.4, -0.2) is 10.8 Å². The van der Waals surface area contributed by atoms with E-state index >= 15 is 0 Å². The molecule has 0 aliphatic rings. The Labute approximate surface area is 107 Å². The minimum Gasteiger partial charge on any atom is -0.289 e. The quantitative estimate of drug-likeness (QED) is 0.603. The maximum absolute atomic E-state index is 12.0. The predicted molar refractivity (Wildman–Crippen MR) is 73.5 cm³/mol. The number of carbonyl (C=O) groups excluding carboxylic acids is 1. The molecule has 0 saturated carbocycles. The third-order valence-corrected chi connectivity index (χ3v) is 2.90. The van der Waals surface area contributed by atoms with Crippen molar-refractivity contribution in [2.75, 3.05) is 0 Å². The van der Waals surface area contributed by atoms with Gasteiger partial charge in [-0.3, -0.25) is 9.78 Å². The molecule has 0 amide bonds. The Kier molecular flexibility index (Phi) is 3.68. The van der Waals surface area contributed by atoms with Crippen molar-refractivity contribution in [1.82, 2.24) is 4.98 Å². The first kappa shape index (κ1) is 12.2. The molecule has 1 aromatic heterocycles. The number of aryl methyl sites for hydroxylation is 2. The van der Waals surface area contributed by atoms with E-state index in [1.54, 1.807) is 24.5 Å². The van der Waals surface area contributed by atoms with Gasteiger partial charge in [0.05, 0.1) is 0 Å². The Hall–Kier alpha value is -2.22. The number of allylic oxidation sites excluding steroid dienone is 1. The number of ketones is 1. The number of nitrogens with zero attached hydrogens (tertiary/aromatic N) is 1. The van der Waals surface area contributed by atoms with Crippen LogP contribution in [0.5, 0.6) is 0 Å². The van der Waals surface area contributed by atoms with E-state index < -0.39 is 0 Å². The second kappa shape index (κ2) is 5.41. The molecule has 0 aliphatic carbocycles. The molecule has 0 spiro atoms. The largest absolute Gasteiger partial charge is 0.289 e. The highest BCUT2D eigenvalue weighted by atomic mass is 16.1. The highest BCUT2D eigenvalue weighted by Crippen LogP contribution is 2.11. The van der Waals surface area contributed by atoms with Gasteiger partial charge in [-0.1, -0.05) is 18.2 Å². The van der Waals surface area contributed by atoms with E-state index in [0.29, 0.717) is 0 Å². The van der Waals surface area contributed by atoms with Gasteiger partial charge in [0.1, 0.15) is 0 Å². The van der Waals surface area contributed by atoms with Crippen molar-refractivity contribution in [1.29, 1.82) is 0 Å². The van der Waals surface area contributed by atoms with E-state index in [4.69, 9.17) is 0 Å². The monoisotopic (exact) mass is 237 g/mol. The van der Waals surface area contributed by atoms with E-state index in [1.165, 1.54) is 5.56 Å². The van der Waals surface area contributed by atoms with Gasteiger partial charge in [-0.25, -0.2) is 0 Å². The number of rotatable bonds is 3. The first-order valence-corrected chi connectivity index (χ1v) is 5.86. The van der Waals surface area contributed by atoms with Crippen molar-refractivity contribution in [3.8, 4) is 0 Å². The molecule has 2 aromatic rings. The molecule has 0 saturated heterocycles. The van der Waals surface area contributed by atoms with Gasteiger partial charge in [0.2, 0.25) is 0 Å². The molecule has 2 nitrogen and oxygen atoms in total. The van der Waals surface area contributed by atoms with Crippen LogP contribution < -0.4 is 0 Å². The Balaban J connectivity index is 2.17. The first-order chi connectivity index (χ1) is 8.66. The minimum absolute atomic E-state index is 0.0157. The molecule has 2 heteroatoms. The Bertz CT molecular complexity index is 585. The van der Waals surface area contributed by atoms with E-state index in [9.17, 15) is 4.79 Å². The summed E-state index contributed by atoms with van der Waals surface area (Å²) in [5.41, 5.74) is 3.98. The van der Waals surface area contributed by atoms with Crippen LogP contribution >= 0.6 is 0 Å². The highest BCUT2D eigenvalue weighted by Gasteiger charge is 2.02. The standard InChI is InChI=1S/C16H15NO/c1-12-5-7-15(10-13(12)2)16(18)8-6-14-4-3-9-17-11-14/h3-11H,1-2H3. The molecular weight excluding hydrogens is 222 g/mol. The Morgan fingerprint density at radius 1 is 1.17 bits per heavy atom. The van der Waals surface area contributed by atoms with Gasteiger partial charge >= 0.3 is 0 Å². The average molecular weight is 237 g/mol. The lowest BCUT2D eigenvalue weighted by atomic mass is 10.0. The fourth-order valence-electron chi connectivity index (χ4n) is 1.64. The number of carbonyl (C=O) groups is 1. The van der Waals surface area contributed by atoms with Crippen LogP contribution in [0.3, 0.4) is 0 Å². The molecule has 18 heavy (non-hydrogen) atoms. The van der Waals surface area contributed by atoms with E-state index in [-0.39, 0.29) is 5.78 Å². The zero-order chi connectivity index (χ0) is 13.0. The summed E-state index contributed by atoms with van der Waals surface area (Å²) < 4.78 is 0. The number of benzene rings is 1. The molecule has 0 fully saturated rings. The van der Waals surface area contributed by atoms with Gasteiger partial charge in [0.15, 0.2) is 5.78 Å². The van der Waals surface area contributed by atoms with Crippen LogP contribution in [0.25, 0.3) is 6.08 Å². The predicted octanol–water partition coefficient (Wildman–Crippen LogP) is 3.59. The molecule has 1 heterocycles. The highest BCUT2D eigenvalue weighted by molar-refractivity contribution is 6.06. The molecule has 90 valence electrons. The van der Waals surface area contributed by atoms with E-state index in [0.717, 1.165) is 16.7 Å². The molecular formula is C16H15NO. The lowest BCUT2D eigenvalue weighted by Gasteiger charge is -2.01. The summed E-state index contributed by atoms with van der Waals surface area (Å²) in [7, 11) is 0. The van der Waals surface area contributed by atoms with E-state index in [1.807, 2.05) is 44.2 Å². The van der Waals surface area contributed by atoms with Crippen molar-refractivity contribution >= 4 is 11.9 Å². The summed E-state index contributed by atoms with van der Waals surface area (Å²) in [6.45, 7) is 4.05. The minimum atomic E-state index is 0.0157. The molecule has 1 aromatic carbocycles. The van der Waals surface area contributed by atoms with Gasteiger partial charge < -0.3 is 0 Å². The van der Waals surface area contributed by atoms with Crippen LogP contribution in [0.2, 0.25) is 0 Å². The molecule has 0 bridgehead atoms. The molecule has 0 aliphatic heterocycles. The number of hydrogen-bond acceptors (Lipinski definition) is 2. The maximum Gasteiger partial charge on any atom is 0.185 e. The molecule has 0 N–H and O–H groups in total. The summed E-state index contributed by atoms with van der Waals surface area (Å²) in [6, 6.07) is 9.52. The third-order valence-electron chi connectivity index (χ3n) is 2.90. The summed E-state index contributed by atoms with van der Waals surface area (Å²) in [5, 5.41) is 0. The number of aromatic nitrogens is 1. The number of pyridine rings is 1. The lowest BCUT2D eigenvalue weighted by molar-refractivity contribution is 0.104. The lowest BCUT2D eigenvalue weighted by Crippen LogP contribution is -1.95. The smallest absolute Gasteiger partial charge is 0.185 e. The average Bonchev–Trinajstić information content (AvgIpc) is 2.40. The Morgan fingerprint density at radius 2 is 2.00 bits per heavy atom. The number of hydrogen-bond donors (Lipinski definition) is 0. The van der Waals surface area contributed by atoms with Crippen LogP contribution in [0.15, 0.2) is 48.8 Å². The van der Waals surface area contributed by atoms with Crippen LogP contribution in [0, 0.1) is 13.8 Å². The molecule has 0 atom stereocenters. The van der Waals surface area contributed by atoms with Crippen LogP contribution in [-0.2, 0) is 0 Å². The topological polar surface area (TPSA) is 30.0 Å². The molecule has 0 unspecified atom stereocenters. The zero-order valence-corrected chi connectivity index (χ0v) is 10.6. The fourth-order valence-corrected chi connectivity index (χ4v) is 1.64. The van der Waals surface area contributed by atoms with Gasteiger partial charge in [-0.15, -0.1) is 0 Å². The molecule has 2 rings (SSSR count). The van der Waals surface area contributed by atoms with Crippen LogP contribution in [0.4, 0.5) is 0 Å². The van der Waals surface area contributed by atoms with E-state index in [2.05, 4.69) is 4.98 Å². The Morgan fingerprint density at radius 3 is 2.67 bits per heavy atom. The molecule has 0 radical (unpaired) electrons. The fraction of sp³-hybridized carbons (Fsp3) is 0.125. The third kappa shape index (κ3) is 2.92. The summed E-state index contributed by atoms with van der Waals surface area (Å²) in [6.07, 6.45) is 6.80. The van der Waals surface area contributed by atoms with Crippen molar-refractivity contribution in [3.63, 3.8) is 0 Å².